The predicted molar refractivity (Wildman–Crippen MR) is 44.0 cm³/mol. The molecule has 1 heterocycles. The monoisotopic (exact) mass is 192 g/mol. The number of hydrogen-bond acceptors (Lipinski definition) is 5. The molecule has 0 aromatic rings. The summed E-state index contributed by atoms with van der Waals surface area (Å²) in [4.78, 5) is 0. The van der Waals surface area contributed by atoms with E-state index in [0.29, 0.717) is 0 Å². The highest BCUT2D eigenvalue weighted by atomic mass is 16.6. The summed E-state index contributed by atoms with van der Waals surface area (Å²) in [5, 5.41) is 27.8. The van der Waals surface area contributed by atoms with E-state index < -0.39 is 24.1 Å². The number of aliphatic hydroxyl groups excluding tert-OH is 1. The van der Waals surface area contributed by atoms with Gasteiger partial charge in [0.1, 0.15) is 12.2 Å². The standard InChI is InChI=1S/C8H16O5/c1-5-8(10,11)3-6(12-2)7(4-9)13-5/h5-7,9-11H,3-4H2,1-2H3. The van der Waals surface area contributed by atoms with Gasteiger partial charge in [0, 0.05) is 13.5 Å². The lowest BCUT2D eigenvalue weighted by molar-refractivity contribution is -0.303. The Labute approximate surface area is 76.9 Å². The summed E-state index contributed by atoms with van der Waals surface area (Å²) in [5.41, 5.74) is 0. The summed E-state index contributed by atoms with van der Waals surface area (Å²) in [6.45, 7) is 1.37. The first kappa shape index (κ1) is 10.9. The van der Waals surface area contributed by atoms with E-state index in [4.69, 9.17) is 14.6 Å². The lowest BCUT2D eigenvalue weighted by Crippen LogP contribution is -2.56. The van der Waals surface area contributed by atoms with Crippen molar-refractivity contribution in [1.29, 1.82) is 0 Å². The topological polar surface area (TPSA) is 79.2 Å². The van der Waals surface area contributed by atoms with Gasteiger partial charge in [0.2, 0.25) is 0 Å². The van der Waals surface area contributed by atoms with E-state index in [1.807, 2.05) is 0 Å². The third-order valence-electron chi connectivity index (χ3n) is 2.43. The number of hydrogen-bond donors (Lipinski definition) is 3. The average Bonchev–Trinajstić information content (AvgIpc) is 2.08. The van der Waals surface area contributed by atoms with Crippen molar-refractivity contribution in [3.63, 3.8) is 0 Å². The zero-order chi connectivity index (χ0) is 10.1. The van der Waals surface area contributed by atoms with Crippen LogP contribution in [0.1, 0.15) is 13.3 Å². The SMILES string of the molecule is COC1CC(O)(O)C(C)OC1CO. The summed E-state index contributed by atoms with van der Waals surface area (Å²) >= 11 is 0. The molecular weight excluding hydrogens is 176 g/mol. The summed E-state index contributed by atoms with van der Waals surface area (Å²) in [6.07, 6.45) is -1.62. The van der Waals surface area contributed by atoms with Crippen LogP contribution in [-0.4, -0.2) is 53.1 Å². The lowest BCUT2D eigenvalue weighted by atomic mass is 9.96. The van der Waals surface area contributed by atoms with Crippen LogP contribution >= 0.6 is 0 Å². The van der Waals surface area contributed by atoms with Crippen LogP contribution in [0.2, 0.25) is 0 Å². The van der Waals surface area contributed by atoms with Crippen molar-refractivity contribution in [1.82, 2.24) is 0 Å². The van der Waals surface area contributed by atoms with Crippen LogP contribution in [0.15, 0.2) is 0 Å². The minimum absolute atomic E-state index is 0.0515. The normalized spacial score (nSPS) is 39.0. The molecule has 0 aromatic carbocycles. The minimum Gasteiger partial charge on any atom is -0.394 e. The van der Waals surface area contributed by atoms with Crippen LogP contribution in [0, 0.1) is 0 Å². The van der Waals surface area contributed by atoms with Gasteiger partial charge in [-0.25, -0.2) is 0 Å². The molecule has 0 radical (unpaired) electrons. The van der Waals surface area contributed by atoms with Crippen molar-refractivity contribution in [2.45, 2.75) is 37.4 Å². The Morgan fingerprint density at radius 2 is 2.15 bits per heavy atom. The van der Waals surface area contributed by atoms with Crippen molar-refractivity contribution in [2.75, 3.05) is 13.7 Å². The van der Waals surface area contributed by atoms with E-state index in [9.17, 15) is 10.2 Å². The van der Waals surface area contributed by atoms with Crippen LogP contribution < -0.4 is 0 Å². The molecule has 0 saturated carbocycles. The zero-order valence-corrected chi connectivity index (χ0v) is 7.80. The zero-order valence-electron chi connectivity index (χ0n) is 7.80. The summed E-state index contributed by atoms with van der Waals surface area (Å²) < 4.78 is 10.2. The van der Waals surface area contributed by atoms with Gasteiger partial charge in [0.15, 0.2) is 5.79 Å². The van der Waals surface area contributed by atoms with Crippen molar-refractivity contribution < 1.29 is 24.8 Å². The fraction of sp³-hybridized carbons (Fsp3) is 1.00. The summed E-state index contributed by atoms with van der Waals surface area (Å²) in [7, 11) is 1.45. The molecule has 1 aliphatic rings. The highest BCUT2D eigenvalue weighted by molar-refractivity contribution is 4.87. The summed E-state index contributed by atoms with van der Waals surface area (Å²) in [5.74, 6) is -1.87. The molecule has 0 aliphatic carbocycles. The smallest absolute Gasteiger partial charge is 0.192 e. The van der Waals surface area contributed by atoms with Gasteiger partial charge >= 0.3 is 0 Å². The van der Waals surface area contributed by atoms with E-state index in [-0.39, 0.29) is 13.0 Å². The molecule has 78 valence electrons. The molecule has 5 heteroatoms. The van der Waals surface area contributed by atoms with Crippen LogP contribution in [0.25, 0.3) is 0 Å². The van der Waals surface area contributed by atoms with Gasteiger partial charge in [0.25, 0.3) is 0 Å². The molecule has 0 bridgehead atoms. The minimum atomic E-state index is -1.87. The molecule has 5 nitrogen and oxygen atoms in total. The summed E-state index contributed by atoms with van der Waals surface area (Å²) in [6, 6.07) is 0. The van der Waals surface area contributed by atoms with Crippen LogP contribution in [0.5, 0.6) is 0 Å². The Morgan fingerprint density at radius 3 is 2.62 bits per heavy atom. The molecule has 0 amide bonds. The van der Waals surface area contributed by atoms with E-state index >= 15 is 0 Å². The van der Waals surface area contributed by atoms with Crippen LogP contribution in [0.3, 0.4) is 0 Å². The van der Waals surface area contributed by atoms with E-state index in [1.165, 1.54) is 7.11 Å². The van der Waals surface area contributed by atoms with Gasteiger partial charge in [-0.15, -0.1) is 0 Å². The third-order valence-corrected chi connectivity index (χ3v) is 2.43. The molecule has 1 fully saturated rings. The first-order chi connectivity index (χ1) is 6.01. The molecular formula is C8H16O5. The van der Waals surface area contributed by atoms with Gasteiger partial charge in [-0.3, -0.25) is 0 Å². The van der Waals surface area contributed by atoms with Gasteiger partial charge in [0.05, 0.1) is 12.7 Å². The van der Waals surface area contributed by atoms with E-state index in [2.05, 4.69) is 0 Å². The van der Waals surface area contributed by atoms with Crippen molar-refractivity contribution in [3.05, 3.63) is 0 Å². The second-order valence-electron chi connectivity index (χ2n) is 3.36. The molecule has 13 heavy (non-hydrogen) atoms. The highest BCUT2D eigenvalue weighted by Crippen LogP contribution is 2.28. The number of aliphatic hydroxyl groups is 3. The van der Waals surface area contributed by atoms with E-state index in [1.54, 1.807) is 6.92 Å². The molecule has 0 spiro atoms. The number of ether oxygens (including phenoxy) is 2. The first-order valence-electron chi connectivity index (χ1n) is 4.25. The Kier molecular flexibility index (Phi) is 3.26. The maximum absolute atomic E-state index is 9.43. The van der Waals surface area contributed by atoms with Gasteiger partial charge < -0.3 is 24.8 Å². The maximum atomic E-state index is 9.43. The number of methoxy groups -OCH3 is 1. The fourth-order valence-corrected chi connectivity index (χ4v) is 1.45. The number of rotatable bonds is 2. The van der Waals surface area contributed by atoms with Gasteiger partial charge in [-0.05, 0) is 6.92 Å². The Hall–Kier alpha value is -0.200. The van der Waals surface area contributed by atoms with Gasteiger partial charge in [-0.1, -0.05) is 0 Å². The van der Waals surface area contributed by atoms with Crippen molar-refractivity contribution in [3.8, 4) is 0 Å². The third kappa shape index (κ3) is 2.18. The Morgan fingerprint density at radius 1 is 1.54 bits per heavy atom. The molecule has 1 aliphatic heterocycles. The van der Waals surface area contributed by atoms with Crippen LogP contribution in [0.4, 0.5) is 0 Å². The quantitative estimate of drug-likeness (QED) is 0.481. The lowest BCUT2D eigenvalue weighted by Gasteiger charge is -2.41. The van der Waals surface area contributed by atoms with Crippen LogP contribution in [-0.2, 0) is 9.47 Å². The molecule has 3 unspecified atom stereocenters. The predicted octanol–water partition coefficient (Wildman–Crippen LogP) is -1.15. The van der Waals surface area contributed by atoms with Crippen molar-refractivity contribution in [2.24, 2.45) is 0 Å². The maximum Gasteiger partial charge on any atom is 0.192 e. The molecule has 0 aromatic heterocycles. The second kappa shape index (κ2) is 3.89. The first-order valence-corrected chi connectivity index (χ1v) is 4.25. The average molecular weight is 192 g/mol. The van der Waals surface area contributed by atoms with E-state index in [0.717, 1.165) is 0 Å². The highest BCUT2D eigenvalue weighted by Gasteiger charge is 2.44. The van der Waals surface area contributed by atoms with Crippen molar-refractivity contribution >= 4 is 0 Å². The molecule has 3 atom stereocenters. The van der Waals surface area contributed by atoms with Gasteiger partial charge in [-0.2, -0.15) is 0 Å². The largest absolute Gasteiger partial charge is 0.394 e. The Balaban J connectivity index is 2.66. The molecule has 3 N–H and O–H groups in total. The molecule has 1 saturated heterocycles. The molecule has 1 rings (SSSR count). The fourth-order valence-electron chi connectivity index (χ4n) is 1.45. The second-order valence-corrected chi connectivity index (χ2v) is 3.36. The Bertz CT molecular complexity index is 170.